The van der Waals surface area contributed by atoms with Gasteiger partial charge in [-0.05, 0) is 39.9 Å². The van der Waals surface area contributed by atoms with E-state index in [9.17, 15) is 4.79 Å². The minimum Gasteiger partial charge on any atom is -0.467 e. The van der Waals surface area contributed by atoms with Gasteiger partial charge in [-0.1, -0.05) is 13.8 Å². The molecule has 1 heterocycles. The fraction of sp³-hybridized carbons (Fsp3) is 0.462. The smallest absolute Gasteiger partial charge is 0.172 e. The summed E-state index contributed by atoms with van der Waals surface area (Å²) in [6.45, 7) is 4.83. The van der Waals surface area contributed by atoms with E-state index in [0.29, 0.717) is 17.4 Å². The van der Waals surface area contributed by atoms with E-state index >= 15 is 0 Å². The molecule has 4 heteroatoms. The van der Waals surface area contributed by atoms with Gasteiger partial charge in [0, 0.05) is 12.1 Å². The van der Waals surface area contributed by atoms with Crippen LogP contribution in [0.5, 0.6) is 0 Å². The van der Waals surface area contributed by atoms with Crippen LogP contribution in [0.15, 0.2) is 33.0 Å². The van der Waals surface area contributed by atoms with E-state index in [2.05, 4.69) is 35.1 Å². The summed E-state index contributed by atoms with van der Waals surface area (Å²) in [6, 6.07) is 3.77. The quantitative estimate of drug-likeness (QED) is 0.930. The lowest BCUT2D eigenvalue weighted by Gasteiger charge is -2.30. The molecule has 0 radical (unpaired) electrons. The molecule has 0 amide bonds. The molecule has 0 bridgehead atoms. The number of ketones is 1. The van der Waals surface area contributed by atoms with Crippen LogP contribution in [-0.4, -0.2) is 5.78 Å². The summed E-state index contributed by atoms with van der Waals surface area (Å²) < 4.78 is 5.94. The van der Waals surface area contributed by atoms with Crippen molar-refractivity contribution in [1.82, 2.24) is 5.32 Å². The monoisotopic (exact) mass is 297 g/mol. The second-order valence-electron chi connectivity index (χ2n) is 5.17. The van der Waals surface area contributed by atoms with Crippen molar-refractivity contribution in [2.45, 2.75) is 33.2 Å². The van der Waals surface area contributed by atoms with Gasteiger partial charge in [0.1, 0.15) is 5.76 Å². The molecule has 0 atom stereocenters. The Morgan fingerprint density at radius 2 is 2.24 bits per heavy atom. The van der Waals surface area contributed by atoms with Gasteiger partial charge in [0.2, 0.25) is 0 Å². The lowest BCUT2D eigenvalue weighted by atomic mass is 9.79. The summed E-state index contributed by atoms with van der Waals surface area (Å²) in [5.74, 6) is 1.04. The maximum Gasteiger partial charge on any atom is 0.172 e. The molecule has 17 heavy (non-hydrogen) atoms. The summed E-state index contributed by atoms with van der Waals surface area (Å²) in [5, 5.41) is 3.28. The largest absolute Gasteiger partial charge is 0.467 e. The highest BCUT2D eigenvalue weighted by Crippen LogP contribution is 2.37. The first kappa shape index (κ1) is 12.4. The normalized spacial score (nSPS) is 19.6. The van der Waals surface area contributed by atoms with Gasteiger partial charge in [-0.2, -0.15) is 0 Å². The molecule has 1 aliphatic carbocycles. The van der Waals surface area contributed by atoms with Crippen molar-refractivity contribution in [2.75, 3.05) is 0 Å². The van der Waals surface area contributed by atoms with Crippen LogP contribution in [0, 0.1) is 5.41 Å². The molecule has 1 aromatic heterocycles. The number of carbonyl (C=O) groups excluding carboxylic acids is 1. The van der Waals surface area contributed by atoms with Gasteiger partial charge in [0.05, 0.1) is 17.3 Å². The van der Waals surface area contributed by atoms with Gasteiger partial charge < -0.3 is 9.73 Å². The predicted octanol–water partition coefficient (Wildman–Crippen LogP) is 3.36. The number of allylic oxidation sites excluding steroid dienone is 2. The third-order valence-corrected chi connectivity index (χ3v) is 3.78. The molecule has 1 aromatic rings. The fourth-order valence-corrected chi connectivity index (χ4v) is 2.47. The standard InChI is InChI=1S/C13H16BrNO2/c1-13(2)6-10(12(14)11(16)7-13)15-8-9-4-3-5-17-9/h3-5,15H,6-8H2,1-2H3. The molecule has 0 fully saturated rings. The van der Waals surface area contributed by atoms with Gasteiger partial charge in [0.15, 0.2) is 5.78 Å². The van der Waals surface area contributed by atoms with E-state index in [0.717, 1.165) is 17.9 Å². The number of rotatable bonds is 3. The number of carbonyl (C=O) groups is 1. The lowest BCUT2D eigenvalue weighted by molar-refractivity contribution is -0.117. The maximum atomic E-state index is 11.8. The Kier molecular flexibility index (Phi) is 3.43. The van der Waals surface area contributed by atoms with Crippen LogP contribution >= 0.6 is 15.9 Å². The SMILES string of the molecule is CC1(C)CC(=O)C(Br)=C(NCc2ccco2)C1. The van der Waals surface area contributed by atoms with Crippen molar-refractivity contribution in [2.24, 2.45) is 5.41 Å². The first-order chi connectivity index (χ1) is 7.98. The van der Waals surface area contributed by atoms with Crippen LogP contribution in [0.25, 0.3) is 0 Å². The molecule has 1 aliphatic rings. The molecule has 92 valence electrons. The van der Waals surface area contributed by atoms with Crippen LogP contribution in [0.4, 0.5) is 0 Å². The third kappa shape index (κ3) is 3.00. The van der Waals surface area contributed by atoms with E-state index < -0.39 is 0 Å². The van der Waals surface area contributed by atoms with Crippen LogP contribution in [-0.2, 0) is 11.3 Å². The second-order valence-corrected chi connectivity index (χ2v) is 5.96. The molecule has 2 rings (SSSR count). The first-order valence-electron chi connectivity index (χ1n) is 5.66. The summed E-state index contributed by atoms with van der Waals surface area (Å²) in [4.78, 5) is 11.8. The van der Waals surface area contributed by atoms with Crippen molar-refractivity contribution in [3.05, 3.63) is 34.3 Å². The molecule has 0 unspecified atom stereocenters. The summed E-state index contributed by atoms with van der Waals surface area (Å²) in [5.41, 5.74) is 1.00. The van der Waals surface area contributed by atoms with Crippen LogP contribution < -0.4 is 5.32 Å². The zero-order valence-corrected chi connectivity index (χ0v) is 11.6. The summed E-state index contributed by atoms with van der Waals surface area (Å²) in [7, 11) is 0. The molecule has 0 aromatic carbocycles. The molecule has 3 nitrogen and oxygen atoms in total. The minimum atomic E-state index is 0.0276. The number of furan rings is 1. The molecule has 0 aliphatic heterocycles. The van der Waals surface area contributed by atoms with E-state index in [1.165, 1.54) is 0 Å². The average molecular weight is 298 g/mol. The van der Waals surface area contributed by atoms with Gasteiger partial charge in [-0.25, -0.2) is 0 Å². The van der Waals surface area contributed by atoms with Crippen LogP contribution in [0.1, 0.15) is 32.4 Å². The van der Waals surface area contributed by atoms with Crippen LogP contribution in [0.2, 0.25) is 0 Å². The Balaban J connectivity index is 2.08. The highest BCUT2D eigenvalue weighted by atomic mass is 79.9. The fourth-order valence-electron chi connectivity index (χ4n) is 2.05. The van der Waals surface area contributed by atoms with Crippen molar-refractivity contribution in [3.8, 4) is 0 Å². The Morgan fingerprint density at radius 1 is 1.47 bits per heavy atom. The molecular weight excluding hydrogens is 282 g/mol. The van der Waals surface area contributed by atoms with Crippen molar-refractivity contribution in [1.29, 1.82) is 0 Å². The molecule has 0 spiro atoms. The zero-order chi connectivity index (χ0) is 12.5. The number of hydrogen-bond acceptors (Lipinski definition) is 3. The Bertz CT molecular complexity index is 446. The highest BCUT2D eigenvalue weighted by molar-refractivity contribution is 9.12. The lowest BCUT2D eigenvalue weighted by Crippen LogP contribution is -2.29. The predicted molar refractivity (Wildman–Crippen MR) is 69.5 cm³/mol. The van der Waals surface area contributed by atoms with E-state index in [1.807, 2.05) is 12.1 Å². The topological polar surface area (TPSA) is 42.2 Å². The minimum absolute atomic E-state index is 0.0276. The third-order valence-electron chi connectivity index (χ3n) is 2.86. The second kappa shape index (κ2) is 4.69. The van der Waals surface area contributed by atoms with E-state index in [4.69, 9.17) is 4.42 Å². The van der Waals surface area contributed by atoms with Gasteiger partial charge in [-0.3, -0.25) is 4.79 Å². The van der Waals surface area contributed by atoms with Crippen LogP contribution in [0.3, 0.4) is 0 Å². The number of hydrogen-bond donors (Lipinski definition) is 1. The highest BCUT2D eigenvalue weighted by Gasteiger charge is 2.31. The van der Waals surface area contributed by atoms with Crippen molar-refractivity contribution >= 4 is 21.7 Å². The van der Waals surface area contributed by atoms with Crippen molar-refractivity contribution < 1.29 is 9.21 Å². The van der Waals surface area contributed by atoms with Crippen molar-refractivity contribution in [3.63, 3.8) is 0 Å². The first-order valence-corrected chi connectivity index (χ1v) is 6.45. The van der Waals surface area contributed by atoms with E-state index in [-0.39, 0.29) is 11.2 Å². The number of Topliss-reactive ketones (excluding diaryl/α,β-unsaturated/α-hetero) is 1. The molecular formula is C13H16BrNO2. The number of halogens is 1. The van der Waals surface area contributed by atoms with Gasteiger partial charge in [-0.15, -0.1) is 0 Å². The molecule has 0 saturated heterocycles. The Hall–Kier alpha value is -1.03. The maximum absolute atomic E-state index is 11.8. The van der Waals surface area contributed by atoms with Gasteiger partial charge >= 0.3 is 0 Å². The Labute approximate surface area is 109 Å². The summed E-state index contributed by atoms with van der Waals surface area (Å²) in [6.07, 6.45) is 3.12. The van der Waals surface area contributed by atoms with E-state index in [1.54, 1.807) is 6.26 Å². The van der Waals surface area contributed by atoms with Gasteiger partial charge in [0.25, 0.3) is 0 Å². The average Bonchev–Trinajstić information content (AvgIpc) is 2.73. The molecule has 0 saturated carbocycles. The number of nitrogens with one attached hydrogen (secondary N) is 1. The zero-order valence-electron chi connectivity index (χ0n) is 10.0. The summed E-state index contributed by atoms with van der Waals surface area (Å²) >= 11 is 3.37. The Morgan fingerprint density at radius 3 is 2.88 bits per heavy atom. The molecule has 1 N–H and O–H groups in total.